The van der Waals surface area contributed by atoms with Crippen molar-refractivity contribution in [2.75, 3.05) is 19.3 Å². The summed E-state index contributed by atoms with van der Waals surface area (Å²) in [4.78, 5) is 11.1. The van der Waals surface area contributed by atoms with Crippen molar-refractivity contribution < 1.29 is 0 Å². The fourth-order valence-electron chi connectivity index (χ4n) is 2.57. The van der Waals surface area contributed by atoms with Crippen molar-refractivity contribution in [3.63, 3.8) is 0 Å². The van der Waals surface area contributed by atoms with E-state index < -0.39 is 0 Å². The number of likely N-dealkylation sites (tertiary alicyclic amines) is 1. The highest BCUT2D eigenvalue weighted by atomic mass is 32.2. The van der Waals surface area contributed by atoms with E-state index in [1.165, 1.54) is 32.2 Å². The van der Waals surface area contributed by atoms with Gasteiger partial charge in [-0.05, 0) is 38.9 Å². The van der Waals surface area contributed by atoms with Gasteiger partial charge in [0, 0.05) is 24.2 Å². The van der Waals surface area contributed by atoms with Crippen molar-refractivity contribution in [2.24, 2.45) is 0 Å². The molecule has 0 aliphatic carbocycles. The van der Waals surface area contributed by atoms with Crippen LogP contribution >= 0.6 is 11.8 Å². The van der Waals surface area contributed by atoms with E-state index in [4.69, 9.17) is 0 Å². The molecule has 1 saturated heterocycles. The summed E-state index contributed by atoms with van der Waals surface area (Å²) in [5, 5.41) is 5.24. The lowest BCUT2D eigenvalue weighted by atomic mass is 10.0. The van der Waals surface area contributed by atoms with Crippen LogP contribution in [-0.4, -0.2) is 49.9 Å². The van der Waals surface area contributed by atoms with Gasteiger partial charge in [-0.15, -0.1) is 5.10 Å². The Kier molecular flexibility index (Phi) is 3.98. The SMILES string of the molecule is CN1CCCCC1CCSc1nc2ncccn2n1. The summed E-state index contributed by atoms with van der Waals surface area (Å²) in [6.07, 6.45) is 8.89. The molecule has 1 fully saturated rings. The Hall–Kier alpha value is -1.14. The minimum absolute atomic E-state index is 0.680. The van der Waals surface area contributed by atoms with Crippen LogP contribution in [0, 0.1) is 0 Å². The molecule has 0 N–H and O–H groups in total. The summed E-state index contributed by atoms with van der Waals surface area (Å²) in [5.74, 6) is 1.76. The van der Waals surface area contributed by atoms with Gasteiger partial charge in [-0.2, -0.15) is 4.98 Å². The van der Waals surface area contributed by atoms with E-state index in [1.54, 1.807) is 22.5 Å². The zero-order chi connectivity index (χ0) is 13.1. The molecule has 0 saturated carbocycles. The lowest BCUT2D eigenvalue weighted by Crippen LogP contribution is -2.36. The highest BCUT2D eigenvalue weighted by Gasteiger charge is 2.18. The Morgan fingerprint density at radius 2 is 2.37 bits per heavy atom. The lowest BCUT2D eigenvalue weighted by molar-refractivity contribution is 0.182. The summed E-state index contributed by atoms with van der Waals surface area (Å²) in [7, 11) is 2.24. The Morgan fingerprint density at radius 1 is 1.42 bits per heavy atom. The monoisotopic (exact) mass is 277 g/mol. The molecule has 0 aromatic carbocycles. The van der Waals surface area contributed by atoms with Crippen LogP contribution in [0.1, 0.15) is 25.7 Å². The predicted octanol–water partition coefficient (Wildman–Crippen LogP) is 2.09. The van der Waals surface area contributed by atoms with Gasteiger partial charge in [0.1, 0.15) is 0 Å². The molecular formula is C13H19N5S. The predicted molar refractivity (Wildman–Crippen MR) is 76.4 cm³/mol. The van der Waals surface area contributed by atoms with Crippen LogP contribution in [0.4, 0.5) is 0 Å². The van der Waals surface area contributed by atoms with Crippen molar-refractivity contribution in [1.29, 1.82) is 0 Å². The van der Waals surface area contributed by atoms with Gasteiger partial charge < -0.3 is 4.90 Å². The largest absolute Gasteiger partial charge is 0.303 e. The van der Waals surface area contributed by atoms with Crippen LogP contribution in [0.25, 0.3) is 5.78 Å². The molecule has 0 radical (unpaired) electrons. The molecule has 3 rings (SSSR count). The number of fused-ring (bicyclic) bond motifs is 1. The van der Waals surface area contributed by atoms with Gasteiger partial charge in [0.15, 0.2) is 0 Å². The molecule has 3 heterocycles. The maximum atomic E-state index is 4.41. The first-order valence-electron chi connectivity index (χ1n) is 6.83. The fraction of sp³-hybridized carbons (Fsp3) is 0.615. The van der Waals surface area contributed by atoms with Gasteiger partial charge in [0.25, 0.3) is 5.78 Å². The second-order valence-electron chi connectivity index (χ2n) is 5.03. The van der Waals surface area contributed by atoms with Gasteiger partial charge in [0.2, 0.25) is 5.16 Å². The quantitative estimate of drug-likeness (QED) is 0.801. The minimum atomic E-state index is 0.680. The van der Waals surface area contributed by atoms with Crippen molar-refractivity contribution in [3.05, 3.63) is 18.5 Å². The first kappa shape index (κ1) is 12.9. The molecule has 1 aliphatic heterocycles. The molecule has 0 spiro atoms. The first-order valence-corrected chi connectivity index (χ1v) is 7.82. The van der Waals surface area contributed by atoms with Gasteiger partial charge in [-0.1, -0.05) is 18.2 Å². The average molecular weight is 277 g/mol. The van der Waals surface area contributed by atoms with Crippen molar-refractivity contribution in [1.82, 2.24) is 24.5 Å². The second kappa shape index (κ2) is 5.88. The van der Waals surface area contributed by atoms with Crippen molar-refractivity contribution in [2.45, 2.75) is 36.9 Å². The van der Waals surface area contributed by atoms with E-state index in [0.29, 0.717) is 5.78 Å². The summed E-state index contributed by atoms with van der Waals surface area (Å²) in [6.45, 7) is 1.24. The third kappa shape index (κ3) is 3.06. The van der Waals surface area contributed by atoms with Gasteiger partial charge >= 0.3 is 0 Å². The number of hydrogen-bond acceptors (Lipinski definition) is 5. The number of thioether (sulfide) groups is 1. The third-order valence-corrected chi connectivity index (χ3v) is 4.57. The standard InChI is InChI=1S/C13H19N5S/c1-17-8-3-2-5-11(17)6-10-19-13-15-12-14-7-4-9-18(12)16-13/h4,7,9,11H,2-3,5-6,8,10H2,1H3. The molecule has 2 aromatic heterocycles. The second-order valence-corrected chi connectivity index (χ2v) is 6.09. The summed E-state index contributed by atoms with van der Waals surface area (Å²) in [6, 6.07) is 2.60. The van der Waals surface area contributed by atoms with Crippen LogP contribution in [-0.2, 0) is 0 Å². The Balaban J connectivity index is 1.54. The smallest absolute Gasteiger partial charge is 0.253 e. The number of nitrogens with zero attached hydrogens (tertiary/aromatic N) is 5. The Labute approximate surface area is 117 Å². The van der Waals surface area contributed by atoms with Gasteiger partial charge in [-0.25, -0.2) is 9.50 Å². The summed E-state index contributed by atoms with van der Waals surface area (Å²) in [5.41, 5.74) is 0. The number of rotatable bonds is 4. The Bertz CT molecular complexity index is 508. The molecule has 1 unspecified atom stereocenters. The van der Waals surface area contributed by atoms with E-state index in [0.717, 1.165) is 17.0 Å². The van der Waals surface area contributed by atoms with Crippen LogP contribution < -0.4 is 0 Å². The third-order valence-electron chi connectivity index (χ3n) is 3.70. The molecule has 1 aliphatic rings. The summed E-state index contributed by atoms with van der Waals surface area (Å²) >= 11 is 1.73. The molecule has 0 bridgehead atoms. The molecule has 19 heavy (non-hydrogen) atoms. The maximum absolute atomic E-state index is 4.41. The molecule has 5 nitrogen and oxygen atoms in total. The van der Waals surface area contributed by atoms with E-state index in [9.17, 15) is 0 Å². The highest BCUT2D eigenvalue weighted by Crippen LogP contribution is 2.22. The molecule has 0 amide bonds. The molecule has 1 atom stereocenters. The van der Waals surface area contributed by atoms with E-state index in [-0.39, 0.29) is 0 Å². The molecule has 2 aromatic rings. The maximum Gasteiger partial charge on any atom is 0.253 e. The number of piperidine rings is 1. The zero-order valence-corrected chi connectivity index (χ0v) is 12.0. The Morgan fingerprint density at radius 3 is 3.21 bits per heavy atom. The number of hydrogen-bond donors (Lipinski definition) is 0. The van der Waals surface area contributed by atoms with Crippen LogP contribution in [0.5, 0.6) is 0 Å². The highest BCUT2D eigenvalue weighted by molar-refractivity contribution is 7.99. The molecule has 6 heteroatoms. The van der Waals surface area contributed by atoms with E-state index in [2.05, 4.69) is 27.0 Å². The van der Waals surface area contributed by atoms with Crippen molar-refractivity contribution >= 4 is 17.5 Å². The van der Waals surface area contributed by atoms with Crippen LogP contribution in [0.15, 0.2) is 23.6 Å². The molecular weight excluding hydrogens is 258 g/mol. The van der Waals surface area contributed by atoms with Crippen LogP contribution in [0.2, 0.25) is 0 Å². The zero-order valence-electron chi connectivity index (χ0n) is 11.2. The fourth-order valence-corrected chi connectivity index (χ4v) is 3.43. The van der Waals surface area contributed by atoms with Gasteiger partial charge in [0.05, 0.1) is 0 Å². The minimum Gasteiger partial charge on any atom is -0.303 e. The van der Waals surface area contributed by atoms with E-state index in [1.807, 2.05) is 12.3 Å². The topological polar surface area (TPSA) is 46.3 Å². The first-order chi connectivity index (χ1) is 9.33. The van der Waals surface area contributed by atoms with Crippen molar-refractivity contribution in [3.8, 4) is 0 Å². The van der Waals surface area contributed by atoms with Gasteiger partial charge in [-0.3, -0.25) is 0 Å². The normalized spacial score (nSPS) is 21.0. The van der Waals surface area contributed by atoms with Crippen LogP contribution in [0.3, 0.4) is 0 Å². The molecule has 102 valence electrons. The number of aromatic nitrogens is 4. The van der Waals surface area contributed by atoms with E-state index >= 15 is 0 Å². The lowest BCUT2D eigenvalue weighted by Gasteiger charge is -2.32. The summed E-state index contributed by atoms with van der Waals surface area (Å²) < 4.78 is 1.73. The average Bonchev–Trinajstić information content (AvgIpc) is 2.83.